The zero-order valence-corrected chi connectivity index (χ0v) is 17.9. The second-order valence-corrected chi connectivity index (χ2v) is 8.20. The molecule has 2 N–H and O–H groups in total. The first-order valence-electron chi connectivity index (χ1n) is 10.9. The summed E-state index contributed by atoms with van der Waals surface area (Å²) in [5.74, 6) is 0.993. The smallest absolute Gasteiger partial charge is 0.261 e. The Hall–Kier alpha value is -3.80. The maximum absolute atomic E-state index is 13.0. The van der Waals surface area contributed by atoms with E-state index in [0.29, 0.717) is 24.7 Å². The molecule has 6 nitrogen and oxygen atoms in total. The summed E-state index contributed by atoms with van der Waals surface area (Å²) in [4.78, 5) is 33.7. The van der Waals surface area contributed by atoms with Gasteiger partial charge in [-0.25, -0.2) is 0 Å². The van der Waals surface area contributed by atoms with Crippen LogP contribution in [0.1, 0.15) is 34.7 Å². The lowest BCUT2D eigenvalue weighted by Crippen LogP contribution is -2.40. The third kappa shape index (κ3) is 3.68. The molecule has 0 atom stereocenters. The summed E-state index contributed by atoms with van der Waals surface area (Å²) in [5, 5.41) is 1.17. The molecule has 0 spiro atoms. The molecule has 4 aromatic rings. The number of carbonyl (C=O) groups excluding carboxylic acids is 1. The molecule has 0 unspecified atom stereocenters. The third-order valence-electron chi connectivity index (χ3n) is 6.37. The van der Waals surface area contributed by atoms with E-state index in [4.69, 9.17) is 4.74 Å². The first kappa shape index (κ1) is 20.1. The molecule has 2 aromatic carbocycles. The Morgan fingerprint density at radius 3 is 2.53 bits per heavy atom. The zero-order valence-electron chi connectivity index (χ0n) is 17.9. The number of piperidine rings is 1. The quantitative estimate of drug-likeness (QED) is 0.501. The molecule has 1 amide bonds. The van der Waals surface area contributed by atoms with Crippen molar-refractivity contribution in [2.24, 2.45) is 0 Å². The van der Waals surface area contributed by atoms with Gasteiger partial charge in [0, 0.05) is 35.9 Å². The number of hydrogen-bond acceptors (Lipinski definition) is 3. The van der Waals surface area contributed by atoms with Crippen LogP contribution in [0.15, 0.2) is 71.7 Å². The lowest BCUT2D eigenvalue weighted by Gasteiger charge is -2.32. The number of nitrogens with one attached hydrogen (secondary N) is 2. The van der Waals surface area contributed by atoms with Gasteiger partial charge in [0.1, 0.15) is 11.3 Å². The minimum absolute atomic E-state index is 0.194. The number of rotatable bonds is 4. The molecule has 1 aliphatic heterocycles. The van der Waals surface area contributed by atoms with Crippen molar-refractivity contribution in [2.45, 2.75) is 18.8 Å². The number of nitrogens with zero attached hydrogens (tertiary/aromatic N) is 1. The van der Waals surface area contributed by atoms with Crippen molar-refractivity contribution in [1.29, 1.82) is 0 Å². The fraction of sp³-hybridized carbons (Fsp3) is 0.231. The summed E-state index contributed by atoms with van der Waals surface area (Å²) in [6.45, 7) is 1.25. The highest BCUT2D eigenvalue weighted by atomic mass is 16.5. The molecule has 0 aliphatic carbocycles. The fourth-order valence-electron chi connectivity index (χ4n) is 4.58. The Bertz CT molecular complexity index is 1320. The van der Waals surface area contributed by atoms with Crippen LogP contribution in [0.4, 0.5) is 0 Å². The summed E-state index contributed by atoms with van der Waals surface area (Å²) in [7, 11) is 1.67. The van der Waals surface area contributed by atoms with Crippen LogP contribution in [0.3, 0.4) is 0 Å². The van der Waals surface area contributed by atoms with E-state index in [-0.39, 0.29) is 17.0 Å². The maximum Gasteiger partial charge on any atom is 0.261 e. The molecule has 1 saturated heterocycles. The van der Waals surface area contributed by atoms with Crippen LogP contribution in [0.25, 0.3) is 22.2 Å². The highest BCUT2D eigenvalue weighted by molar-refractivity contribution is 5.94. The molecule has 0 bridgehead atoms. The lowest BCUT2D eigenvalue weighted by molar-refractivity contribution is 0.0711. The molecular weight excluding hydrogens is 402 g/mol. The molecule has 2 aromatic heterocycles. The number of amides is 1. The molecule has 162 valence electrons. The van der Waals surface area contributed by atoms with E-state index in [9.17, 15) is 9.59 Å². The van der Waals surface area contributed by atoms with Gasteiger partial charge in [-0.15, -0.1) is 0 Å². The Morgan fingerprint density at radius 1 is 1.03 bits per heavy atom. The number of fused-ring (bicyclic) bond motifs is 1. The van der Waals surface area contributed by atoms with Crippen molar-refractivity contribution < 1.29 is 9.53 Å². The summed E-state index contributed by atoms with van der Waals surface area (Å²) < 4.78 is 5.38. The minimum Gasteiger partial charge on any atom is -0.497 e. The summed E-state index contributed by atoms with van der Waals surface area (Å²) in [5.41, 5.74) is 3.82. The first-order valence-corrected chi connectivity index (χ1v) is 10.9. The van der Waals surface area contributed by atoms with Gasteiger partial charge in [-0.1, -0.05) is 30.3 Å². The maximum atomic E-state index is 13.0. The lowest BCUT2D eigenvalue weighted by atomic mass is 9.89. The van der Waals surface area contributed by atoms with Crippen LogP contribution in [0, 0.1) is 0 Å². The topological polar surface area (TPSA) is 78.2 Å². The predicted octanol–water partition coefficient (Wildman–Crippen LogP) is 4.55. The number of benzene rings is 2. The summed E-state index contributed by atoms with van der Waals surface area (Å²) in [6, 6.07) is 19.1. The number of carbonyl (C=O) groups is 1. The monoisotopic (exact) mass is 427 g/mol. The van der Waals surface area contributed by atoms with E-state index in [1.54, 1.807) is 24.1 Å². The number of H-pyrrole nitrogens is 2. The van der Waals surface area contributed by atoms with Crippen LogP contribution in [-0.4, -0.2) is 41.0 Å². The number of ether oxygens (including phenoxy) is 1. The van der Waals surface area contributed by atoms with E-state index in [2.05, 4.69) is 22.2 Å². The van der Waals surface area contributed by atoms with Crippen LogP contribution < -0.4 is 10.3 Å². The van der Waals surface area contributed by atoms with Gasteiger partial charge in [-0.05, 0) is 60.2 Å². The number of likely N-dealkylation sites (tertiary alicyclic amines) is 1. The molecule has 5 rings (SSSR count). The van der Waals surface area contributed by atoms with Crippen molar-refractivity contribution >= 4 is 16.8 Å². The number of aromatic nitrogens is 2. The normalized spacial score (nSPS) is 14.6. The van der Waals surface area contributed by atoms with Crippen molar-refractivity contribution in [2.75, 3.05) is 20.2 Å². The predicted molar refractivity (Wildman–Crippen MR) is 125 cm³/mol. The van der Waals surface area contributed by atoms with E-state index in [1.807, 2.05) is 42.5 Å². The molecule has 1 fully saturated rings. The van der Waals surface area contributed by atoms with Gasteiger partial charge in [0.2, 0.25) is 0 Å². The van der Waals surface area contributed by atoms with Crippen molar-refractivity contribution in [3.63, 3.8) is 0 Å². The molecular formula is C26H25N3O3. The zero-order chi connectivity index (χ0) is 22.1. The van der Waals surface area contributed by atoms with Gasteiger partial charge >= 0.3 is 0 Å². The van der Waals surface area contributed by atoms with Crippen molar-refractivity contribution in [1.82, 2.24) is 14.9 Å². The Labute approximate surface area is 185 Å². The molecule has 0 radical (unpaired) electrons. The summed E-state index contributed by atoms with van der Waals surface area (Å²) >= 11 is 0. The molecule has 3 heterocycles. The highest BCUT2D eigenvalue weighted by Crippen LogP contribution is 2.35. The van der Waals surface area contributed by atoms with Gasteiger partial charge in [0.05, 0.1) is 7.11 Å². The van der Waals surface area contributed by atoms with Crippen LogP contribution in [-0.2, 0) is 0 Å². The highest BCUT2D eigenvalue weighted by Gasteiger charge is 2.27. The van der Waals surface area contributed by atoms with E-state index in [1.165, 1.54) is 10.9 Å². The van der Waals surface area contributed by atoms with Crippen molar-refractivity contribution in [3.05, 3.63) is 88.3 Å². The van der Waals surface area contributed by atoms with Crippen molar-refractivity contribution in [3.8, 4) is 17.0 Å². The molecule has 6 heteroatoms. The van der Waals surface area contributed by atoms with E-state index >= 15 is 0 Å². The average Bonchev–Trinajstić information content (AvgIpc) is 3.27. The third-order valence-corrected chi connectivity index (χ3v) is 6.37. The standard InChI is InChI=1S/C26H25N3O3/c1-32-19-7-9-24-21(15-19)22(16-27-24)17-11-13-29(14-12-17)26(31)20-8-10-23(28-25(20)30)18-5-3-2-4-6-18/h2-10,15-17,27H,11-14H2,1H3,(H,28,30). The molecule has 0 saturated carbocycles. The second-order valence-electron chi connectivity index (χ2n) is 8.20. The van der Waals surface area contributed by atoms with Crippen LogP contribution in [0.2, 0.25) is 0 Å². The van der Waals surface area contributed by atoms with Gasteiger partial charge < -0.3 is 19.6 Å². The van der Waals surface area contributed by atoms with E-state index in [0.717, 1.165) is 29.7 Å². The summed E-state index contributed by atoms with van der Waals surface area (Å²) in [6.07, 6.45) is 3.78. The van der Waals surface area contributed by atoms with Crippen LogP contribution >= 0.6 is 0 Å². The van der Waals surface area contributed by atoms with E-state index < -0.39 is 0 Å². The first-order chi connectivity index (χ1) is 15.6. The Kier molecular flexibility index (Phi) is 5.27. The average molecular weight is 428 g/mol. The van der Waals surface area contributed by atoms with Gasteiger partial charge in [0.15, 0.2) is 0 Å². The minimum atomic E-state index is -0.345. The SMILES string of the molecule is COc1ccc2[nH]cc(C3CCN(C(=O)c4ccc(-c5ccccc5)[nH]c4=O)CC3)c2c1. The Balaban J connectivity index is 1.30. The van der Waals surface area contributed by atoms with Crippen LogP contribution in [0.5, 0.6) is 5.75 Å². The largest absolute Gasteiger partial charge is 0.497 e. The number of pyridine rings is 1. The number of aromatic amines is 2. The van der Waals surface area contributed by atoms with Gasteiger partial charge in [0.25, 0.3) is 11.5 Å². The van der Waals surface area contributed by atoms with Gasteiger partial charge in [-0.2, -0.15) is 0 Å². The number of methoxy groups -OCH3 is 1. The molecule has 32 heavy (non-hydrogen) atoms. The fourth-order valence-corrected chi connectivity index (χ4v) is 4.58. The Morgan fingerprint density at radius 2 is 1.81 bits per heavy atom. The molecule has 1 aliphatic rings. The second kappa shape index (κ2) is 8.38. The number of hydrogen-bond donors (Lipinski definition) is 2. The van der Waals surface area contributed by atoms with Gasteiger partial charge in [-0.3, -0.25) is 9.59 Å².